The van der Waals surface area contributed by atoms with Crippen molar-refractivity contribution in [1.82, 2.24) is 4.57 Å². The van der Waals surface area contributed by atoms with E-state index in [-0.39, 0.29) is 6.54 Å². The summed E-state index contributed by atoms with van der Waals surface area (Å²) in [5, 5.41) is 13.0. The number of aliphatic carboxylic acids is 1. The molecule has 0 radical (unpaired) electrons. The first-order chi connectivity index (χ1) is 8.66. The van der Waals surface area contributed by atoms with Gasteiger partial charge in [-0.2, -0.15) is 0 Å². The highest BCUT2D eigenvalue weighted by Crippen LogP contribution is 2.29. The van der Waals surface area contributed by atoms with Crippen LogP contribution in [-0.4, -0.2) is 10.5 Å². The number of aromatic nitrogens is 1. The first kappa shape index (κ1) is 11.5. The zero-order valence-corrected chi connectivity index (χ0v) is 11.5. The molecule has 0 saturated carbocycles. The number of hydrogen-bond acceptors (Lipinski definition) is 2. The fraction of sp³-hybridized carbons (Fsp3) is 0.0714. The van der Waals surface area contributed by atoms with Gasteiger partial charge in [-0.3, -0.25) is 0 Å². The molecule has 1 aromatic heterocycles. The number of fused-ring (bicyclic) bond motifs is 3. The predicted molar refractivity (Wildman–Crippen MR) is 77.2 cm³/mol. The molecule has 1 heterocycles. The molecule has 0 aliphatic rings. The van der Waals surface area contributed by atoms with Crippen LogP contribution < -0.4 is 5.11 Å². The van der Waals surface area contributed by atoms with E-state index < -0.39 is 5.97 Å². The molecule has 0 N–H and O–H groups in total. The summed E-state index contributed by atoms with van der Waals surface area (Å²) in [6, 6.07) is 13.8. The van der Waals surface area contributed by atoms with Crippen molar-refractivity contribution in [3.05, 3.63) is 46.0 Å². The number of carboxylic acids is 1. The molecule has 0 unspecified atom stereocenters. The molecule has 4 heteroatoms. The summed E-state index contributed by atoms with van der Waals surface area (Å²) >= 11 is 2.26. The predicted octanol–water partition coefficient (Wildman–Crippen LogP) is 2.15. The minimum Gasteiger partial charge on any atom is -0.548 e. The number of benzene rings is 2. The SMILES string of the molecule is O=C([O-])Cn1c2ccccc2c2cc(I)ccc21. The molecule has 3 nitrogen and oxygen atoms in total. The molecule has 0 fully saturated rings. The molecule has 2 aromatic carbocycles. The highest BCUT2D eigenvalue weighted by molar-refractivity contribution is 14.1. The molecule has 3 aromatic rings. The lowest BCUT2D eigenvalue weighted by atomic mass is 10.2. The van der Waals surface area contributed by atoms with Gasteiger partial charge in [0.25, 0.3) is 0 Å². The summed E-state index contributed by atoms with van der Waals surface area (Å²) in [6.07, 6.45) is 0. The topological polar surface area (TPSA) is 45.1 Å². The molecule has 3 rings (SSSR count). The van der Waals surface area contributed by atoms with E-state index in [1.807, 2.05) is 36.4 Å². The highest BCUT2D eigenvalue weighted by atomic mass is 127. The van der Waals surface area contributed by atoms with Gasteiger partial charge in [-0.05, 0) is 46.9 Å². The van der Waals surface area contributed by atoms with Gasteiger partial charge in [0, 0.05) is 25.4 Å². The zero-order chi connectivity index (χ0) is 12.7. The Labute approximate surface area is 117 Å². The molecule has 0 saturated heterocycles. The Bertz CT molecular complexity index is 761. The van der Waals surface area contributed by atoms with Gasteiger partial charge in [0.15, 0.2) is 0 Å². The van der Waals surface area contributed by atoms with Gasteiger partial charge < -0.3 is 14.5 Å². The fourth-order valence-electron chi connectivity index (χ4n) is 2.33. The first-order valence-corrected chi connectivity index (χ1v) is 6.61. The van der Waals surface area contributed by atoms with Crippen LogP contribution in [0.15, 0.2) is 42.5 Å². The largest absolute Gasteiger partial charge is 0.548 e. The molecule has 18 heavy (non-hydrogen) atoms. The van der Waals surface area contributed by atoms with Gasteiger partial charge in [0.2, 0.25) is 0 Å². The smallest absolute Gasteiger partial charge is 0.0627 e. The van der Waals surface area contributed by atoms with Gasteiger partial charge >= 0.3 is 0 Å². The van der Waals surface area contributed by atoms with Gasteiger partial charge in [-0.15, -0.1) is 0 Å². The van der Waals surface area contributed by atoms with E-state index in [9.17, 15) is 9.90 Å². The van der Waals surface area contributed by atoms with Crippen LogP contribution in [0.2, 0.25) is 0 Å². The lowest BCUT2D eigenvalue weighted by molar-refractivity contribution is -0.306. The molecule has 0 aliphatic heterocycles. The third kappa shape index (κ3) is 1.77. The average Bonchev–Trinajstić information content (AvgIpc) is 2.64. The molecule has 0 aliphatic carbocycles. The molecular formula is C14H9INO2-. The van der Waals surface area contributed by atoms with Crippen molar-refractivity contribution in [2.45, 2.75) is 6.54 Å². The number of para-hydroxylation sites is 1. The summed E-state index contributed by atoms with van der Waals surface area (Å²) in [5.41, 5.74) is 1.86. The summed E-state index contributed by atoms with van der Waals surface area (Å²) in [5.74, 6) is -1.07. The van der Waals surface area contributed by atoms with Crippen molar-refractivity contribution >= 4 is 50.4 Å². The van der Waals surface area contributed by atoms with E-state index in [0.717, 1.165) is 25.4 Å². The quantitative estimate of drug-likeness (QED) is 0.665. The fourth-order valence-corrected chi connectivity index (χ4v) is 2.82. The Morgan fingerprint density at radius 1 is 1.11 bits per heavy atom. The van der Waals surface area contributed by atoms with Crippen molar-refractivity contribution in [1.29, 1.82) is 0 Å². The average molecular weight is 350 g/mol. The Hall–Kier alpha value is -1.56. The van der Waals surface area contributed by atoms with Gasteiger partial charge in [-0.1, -0.05) is 18.2 Å². The standard InChI is InChI=1S/C14H10INO2/c15-9-5-6-13-11(7-9)10-3-1-2-4-12(10)16(13)8-14(17)18/h1-7H,8H2,(H,17,18)/p-1. The van der Waals surface area contributed by atoms with Gasteiger partial charge in [0.1, 0.15) is 0 Å². The van der Waals surface area contributed by atoms with E-state index >= 15 is 0 Å². The van der Waals surface area contributed by atoms with Crippen molar-refractivity contribution in [3.8, 4) is 0 Å². The second kappa shape index (κ2) is 4.28. The van der Waals surface area contributed by atoms with Crippen molar-refractivity contribution in [2.75, 3.05) is 0 Å². The van der Waals surface area contributed by atoms with E-state index in [0.29, 0.717) is 0 Å². The Morgan fingerprint density at radius 3 is 2.61 bits per heavy atom. The maximum absolute atomic E-state index is 10.9. The van der Waals surface area contributed by atoms with Crippen molar-refractivity contribution in [2.24, 2.45) is 0 Å². The molecule has 0 spiro atoms. The van der Waals surface area contributed by atoms with Crippen LogP contribution in [0, 0.1) is 3.57 Å². The number of halogens is 1. The lowest BCUT2D eigenvalue weighted by Crippen LogP contribution is -2.27. The third-order valence-electron chi connectivity index (χ3n) is 3.02. The number of carbonyl (C=O) groups excluding carboxylic acids is 1. The summed E-state index contributed by atoms with van der Waals surface area (Å²) in [6.45, 7) is -0.120. The lowest BCUT2D eigenvalue weighted by Gasteiger charge is -2.07. The Balaban J connectivity index is 2.45. The van der Waals surface area contributed by atoms with Crippen LogP contribution in [0.25, 0.3) is 21.8 Å². The number of hydrogen-bond donors (Lipinski definition) is 0. The zero-order valence-electron chi connectivity index (χ0n) is 9.39. The molecule has 90 valence electrons. The van der Waals surface area contributed by atoms with Crippen LogP contribution in [0.5, 0.6) is 0 Å². The maximum atomic E-state index is 10.9. The second-order valence-corrected chi connectivity index (χ2v) is 5.38. The highest BCUT2D eigenvalue weighted by Gasteiger charge is 2.10. The Morgan fingerprint density at radius 2 is 1.83 bits per heavy atom. The summed E-state index contributed by atoms with van der Waals surface area (Å²) < 4.78 is 2.92. The van der Waals surface area contributed by atoms with E-state index in [2.05, 4.69) is 28.7 Å². The van der Waals surface area contributed by atoms with Crippen LogP contribution in [0.3, 0.4) is 0 Å². The minimum atomic E-state index is -1.07. The van der Waals surface area contributed by atoms with Crippen LogP contribution in [0.1, 0.15) is 0 Å². The van der Waals surface area contributed by atoms with Gasteiger partial charge in [0.05, 0.1) is 12.5 Å². The number of carboxylic acid groups (broad SMARTS) is 1. The van der Waals surface area contributed by atoms with E-state index in [1.165, 1.54) is 0 Å². The third-order valence-corrected chi connectivity index (χ3v) is 3.69. The first-order valence-electron chi connectivity index (χ1n) is 5.53. The van der Waals surface area contributed by atoms with E-state index in [4.69, 9.17) is 0 Å². The second-order valence-electron chi connectivity index (χ2n) is 4.14. The summed E-state index contributed by atoms with van der Waals surface area (Å²) in [7, 11) is 0. The number of rotatable bonds is 2. The Kier molecular flexibility index (Phi) is 2.74. The minimum absolute atomic E-state index is 0.120. The number of nitrogens with zero attached hydrogens (tertiary/aromatic N) is 1. The van der Waals surface area contributed by atoms with Crippen molar-refractivity contribution < 1.29 is 9.90 Å². The van der Waals surface area contributed by atoms with E-state index in [1.54, 1.807) is 4.57 Å². The molecule has 0 amide bonds. The van der Waals surface area contributed by atoms with Crippen LogP contribution in [0.4, 0.5) is 0 Å². The molecular weight excluding hydrogens is 341 g/mol. The molecule has 0 bridgehead atoms. The van der Waals surface area contributed by atoms with Crippen LogP contribution >= 0.6 is 22.6 Å². The number of carbonyl (C=O) groups is 1. The normalized spacial score (nSPS) is 11.2. The van der Waals surface area contributed by atoms with Gasteiger partial charge in [-0.25, -0.2) is 0 Å². The maximum Gasteiger partial charge on any atom is 0.0627 e. The monoisotopic (exact) mass is 350 g/mol. The summed E-state index contributed by atoms with van der Waals surface area (Å²) in [4.78, 5) is 10.9. The van der Waals surface area contributed by atoms with Crippen LogP contribution in [-0.2, 0) is 11.3 Å². The molecule has 0 atom stereocenters. The van der Waals surface area contributed by atoms with Crippen molar-refractivity contribution in [3.63, 3.8) is 0 Å².